The Morgan fingerprint density at radius 2 is 1.39 bits per heavy atom. The van der Waals surface area contributed by atoms with Crippen LogP contribution in [-0.2, 0) is 5.21 Å². The van der Waals surface area contributed by atoms with Gasteiger partial charge in [0.2, 0.25) is 0 Å². The van der Waals surface area contributed by atoms with Crippen molar-refractivity contribution in [3.63, 3.8) is 0 Å². The summed E-state index contributed by atoms with van der Waals surface area (Å²) < 4.78 is 2.45. The number of nitrogens with zero attached hydrogens (tertiary/aromatic N) is 2. The van der Waals surface area contributed by atoms with Crippen LogP contribution in [0.25, 0.3) is 60.1 Å². The highest BCUT2D eigenvalue weighted by molar-refractivity contribution is 6.40. The summed E-state index contributed by atoms with van der Waals surface area (Å²) in [7, 11) is 4.62. The van der Waals surface area contributed by atoms with Crippen molar-refractivity contribution in [1.29, 1.82) is 0 Å². The van der Waals surface area contributed by atoms with Crippen LogP contribution in [0.5, 0.6) is 0 Å². The van der Waals surface area contributed by atoms with Crippen LogP contribution >= 0.6 is 0 Å². The molecule has 7 aromatic rings. The van der Waals surface area contributed by atoms with Gasteiger partial charge in [0.05, 0.1) is 22.2 Å². The Kier molecular flexibility index (Phi) is 4.26. The number of rotatable bonds is 2. The fourth-order valence-corrected chi connectivity index (χ4v) is 5.77. The minimum Gasteiger partial charge on any atom is -0.308 e. The van der Waals surface area contributed by atoms with E-state index in [1.165, 1.54) is 54.4 Å². The maximum absolute atomic E-state index is 4.94. The average molecular weight is 462 g/mol. The highest BCUT2D eigenvalue weighted by atomic mass is 14.9. The molecule has 0 bridgehead atoms. The van der Waals surface area contributed by atoms with Gasteiger partial charge in [0, 0.05) is 33.3 Å². The van der Waals surface area contributed by atoms with Gasteiger partial charge in [0.15, 0.2) is 0 Å². The Balaban J connectivity index is 1.50. The lowest BCUT2D eigenvalue weighted by Crippen LogP contribution is -2.41. The third-order valence-corrected chi connectivity index (χ3v) is 8.84. The van der Waals surface area contributed by atoms with Crippen LogP contribution in [0.2, 0.25) is 0 Å². The maximum Gasteiger partial charge on any atom is 0.105 e. The van der Waals surface area contributed by atoms with Gasteiger partial charge in [0.25, 0.3) is 0 Å². The molecule has 4 aromatic carbocycles. The van der Waals surface area contributed by atoms with Crippen LogP contribution in [0.15, 0.2) is 91.1 Å². The first-order valence-electron chi connectivity index (χ1n) is 12.8. The molecule has 3 aromatic heterocycles. The van der Waals surface area contributed by atoms with Crippen LogP contribution < -0.4 is 0 Å². The summed E-state index contributed by atoms with van der Waals surface area (Å²) in [5, 5.41) is 7.87. The number of para-hydroxylation sites is 2. The van der Waals surface area contributed by atoms with E-state index in [1.54, 1.807) is 0 Å². The molecule has 3 heterocycles. The van der Waals surface area contributed by atoms with Crippen molar-refractivity contribution in [2.75, 3.05) is 0 Å². The largest absolute Gasteiger partial charge is 0.308 e. The third kappa shape index (κ3) is 2.79. The van der Waals surface area contributed by atoms with Gasteiger partial charge in [-0.05, 0) is 52.1 Å². The first-order valence-corrected chi connectivity index (χ1v) is 12.8. The lowest BCUT2D eigenvalue weighted by atomic mass is 9.41. The Morgan fingerprint density at radius 1 is 0.694 bits per heavy atom. The summed E-state index contributed by atoms with van der Waals surface area (Å²) in [5.74, 6) is 0. The van der Waals surface area contributed by atoms with Crippen LogP contribution in [0, 0.1) is 5.41 Å². The highest BCUT2D eigenvalue weighted by Gasteiger charge is 2.34. The molecular weight excluding hydrogens is 434 g/mol. The van der Waals surface area contributed by atoms with Gasteiger partial charge in [0.1, 0.15) is 15.7 Å². The zero-order valence-corrected chi connectivity index (χ0v) is 21.6. The molecule has 2 nitrogen and oxygen atoms in total. The smallest absolute Gasteiger partial charge is 0.105 e. The van der Waals surface area contributed by atoms with E-state index in [2.05, 4.69) is 132 Å². The van der Waals surface area contributed by atoms with Crippen molar-refractivity contribution in [2.45, 2.75) is 26.0 Å². The molecule has 0 aliphatic carbocycles. The quantitative estimate of drug-likeness (QED) is 0.268. The minimum atomic E-state index is 0.0383. The first kappa shape index (κ1) is 21.5. The van der Waals surface area contributed by atoms with E-state index in [-0.39, 0.29) is 10.6 Å². The molecule has 0 atom stereocenters. The summed E-state index contributed by atoms with van der Waals surface area (Å²) >= 11 is 0. The summed E-state index contributed by atoms with van der Waals surface area (Å²) in [6.45, 7) is 6.89. The second-order valence-corrected chi connectivity index (χ2v) is 11.8. The van der Waals surface area contributed by atoms with E-state index < -0.39 is 0 Å². The van der Waals surface area contributed by atoms with Gasteiger partial charge in [-0.15, -0.1) is 0 Å². The van der Waals surface area contributed by atoms with Crippen LogP contribution in [0.4, 0.5) is 0 Å². The summed E-state index contributed by atoms with van der Waals surface area (Å²) in [6.07, 6.45) is 2.07. The molecule has 0 aliphatic rings. The fourth-order valence-electron chi connectivity index (χ4n) is 5.77. The van der Waals surface area contributed by atoms with Crippen molar-refractivity contribution < 1.29 is 0 Å². The summed E-state index contributed by atoms with van der Waals surface area (Å²) in [5.41, 5.74) is 7.46. The predicted molar refractivity (Wildman–Crippen MR) is 160 cm³/mol. The third-order valence-electron chi connectivity index (χ3n) is 8.84. The Labute approximate surface area is 213 Å². The molecule has 0 saturated heterocycles. The van der Waals surface area contributed by atoms with E-state index in [1.807, 2.05) is 0 Å². The van der Waals surface area contributed by atoms with E-state index >= 15 is 0 Å². The van der Waals surface area contributed by atoms with E-state index in [0.29, 0.717) is 0 Å². The normalized spacial score (nSPS) is 13.1. The standard InChI is InChI=1S/C32H28B2N2/c1-31(2,3)32(33,34)21-14-15-26(35-18-21)20-13-12-19-16-25-22-8-4-6-10-27(22)36-28-11-7-5-9-23(28)29(30(25)36)24(19)17-20/h4-18H,33-34H2,1-3H3. The second kappa shape index (κ2) is 7.13. The van der Waals surface area contributed by atoms with Crippen molar-refractivity contribution in [3.8, 4) is 11.3 Å². The molecule has 0 saturated carbocycles. The van der Waals surface area contributed by atoms with Gasteiger partial charge in [-0.3, -0.25) is 4.98 Å². The Morgan fingerprint density at radius 3 is 2.08 bits per heavy atom. The number of hydrogen-bond donors (Lipinski definition) is 0. The highest BCUT2D eigenvalue weighted by Crippen LogP contribution is 2.43. The lowest BCUT2D eigenvalue weighted by Gasteiger charge is -2.39. The van der Waals surface area contributed by atoms with E-state index in [4.69, 9.17) is 4.98 Å². The molecule has 7 rings (SSSR count). The monoisotopic (exact) mass is 462 g/mol. The van der Waals surface area contributed by atoms with Gasteiger partial charge in [-0.2, -0.15) is 0 Å². The van der Waals surface area contributed by atoms with Crippen molar-refractivity contribution in [1.82, 2.24) is 9.38 Å². The average Bonchev–Trinajstić information content (AvgIpc) is 3.39. The molecule has 0 aliphatic heterocycles. The van der Waals surface area contributed by atoms with Gasteiger partial charge >= 0.3 is 0 Å². The van der Waals surface area contributed by atoms with Crippen LogP contribution in [0.3, 0.4) is 0 Å². The first-order chi connectivity index (χ1) is 17.3. The molecule has 0 amide bonds. The molecule has 0 fully saturated rings. The number of pyridine rings is 1. The molecule has 0 radical (unpaired) electrons. The molecule has 36 heavy (non-hydrogen) atoms. The molecule has 0 unspecified atom stereocenters. The predicted octanol–water partition coefficient (Wildman–Crippen LogP) is 6.52. The SMILES string of the molecule is BC(B)(c1ccc(-c2ccc3cc4c5ccccc5n5c6ccccc6c(c3c2)c45)nc1)C(C)(C)C. The van der Waals surface area contributed by atoms with Crippen LogP contribution in [0.1, 0.15) is 26.3 Å². The minimum absolute atomic E-state index is 0.0383. The fraction of sp³-hybridized carbons (Fsp3) is 0.156. The van der Waals surface area contributed by atoms with Crippen molar-refractivity contribution in [3.05, 3.63) is 96.7 Å². The van der Waals surface area contributed by atoms with Gasteiger partial charge in [-0.25, -0.2) is 0 Å². The number of fused-ring (bicyclic) bond motifs is 8. The van der Waals surface area contributed by atoms with Gasteiger partial charge < -0.3 is 4.40 Å². The van der Waals surface area contributed by atoms with Crippen molar-refractivity contribution >= 4 is 64.6 Å². The molecule has 172 valence electrons. The Hall–Kier alpha value is -3.78. The van der Waals surface area contributed by atoms with E-state index in [0.717, 1.165) is 11.3 Å². The zero-order chi connectivity index (χ0) is 24.8. The second-order valence-electron chi connectivity index (χ2n) is 11.8. The molecule has 0 N–H and O–H groups in total. The number of benzene rings is 4. The summed E-state index contributed by atoms with van der Waals surface area (Å²) in [6, 6.07) is 31.2. The van der Waals surface area contributed by atoms with E-state index in [9.17, 15) is 0 Å². The maximum atomic E-state index is 4.94. The van der Waals surface area contributed by atoms with Crippen LogP contribution in [-0.4, -0.2) is 25.1 Å². The lowest BCUT2D eigenvalue weighted by molar-refractivity contribution is 0.358. The summed E-state index contributed by atoms with van der Waals surface area (Å²) in [4.78, 5) is 4.94. The Bertz CT molecular complexity index is 1940. The topological polar surface area (TPSA) is 17.3 Å². The molecular formula is C32H28B2N2. The molecule has 4 heteroatoms. The molecule has 0 spiro atoms. The number of hydrogen-bond acceptors (Lipinski definition) is 1. The van der Waals surface area contributed by atoms with Crippen molar-refractivity contribution in [2.24, 2.45) is 5.41 Å². The van der Waals surface area contributed by atoms with Gasteiger partial charge in [-0.1, -0.05) is 80.6 Å². The number of aromatic nitrogens is 2. The zero-order valence-electron chi connectivity index (χ0n) is 21.6.